The van der Waals surface area contributed by atoms with Gasteiger partial charge in [0.25, 0.3) is 0 Å². The number of quaternary nitrogens is 1. The molecule has 0 atom stereocenters. The molecular weight excluding hydrogens is 351 g/mol. The highest BCUT2D eigenvalue weighted by Gasteiger charge is 2.15. The van der Waals surface area contributed by atoms with E-state index >= 15 is 0 Å². The molecule has 1 aromatic rings. The second-order valence-corrected chi connectivity index (χ2v) is 5.34. The molecule has 1 rings (SSSR count). The highest BCUT2D eigenvalue weighted by molar-refractivity contribution is 5.91. The fourth-order valence-electron chi connectivity index (χ4n) is 1.78. The SMILES string of the molecule is C=C(C)C(=O)NCC[N+](C)(C)Cc1ccccc1.[I-]. The van der Waals surface area contributed by atoms with Gasteiger partial charge in [-0.3, -0.25) is 4.79 Å². The fraction of sp³-hybridized carbons (Fsp3) is 0.400. The van der Waals surface area contributed by atoms with Crippen LogP contribution in [0.3, 0.4) is 0 Å². The van der Waals surface area contributed by atoms with E-state index in [2.05, 4.69) is 50.3 Å². The van der Waals surface area contributed by atoms with Gasteiger partial charge in [-0.05, 0) is 6.92 Å². The number of rotatable bonds is 6. The second kappa shape index (κ2) is 8.32. The van der Waals surface area contributed by atoms with Crippen LogP contribution in [0.5, 0.6) is 0 Å². The highest BCUT2D eigenvalue weighted by atomic mass is 127. The van der Waals surface area contributed by atoms with Crippen LogP contribution in [0.2, 0.25) is 0 Å². The van der Waals surface area contributed by atoms with Gasteiger partial charge in [-0.1, -0.05) is 36.9 Å². The smallest absolute Gasteiger partial charge is 0.246 e. The lowest BCUT2D eigenvalue weighted by Gasteiger charge is -2.30. The topological polar surface area (TPSA) is 29.1 Å². The van der Waals surface area contributed by atoms with Crippen LogP contribution in [0, 0.1) is 0 Å². The number of carbonyl (C=O) groups excluding carboxylic acids is 1. The van der Waals surface area contributed by atoms with Crippen LogP contribution in [0.4, 0.5) is 0 Å². The average Bonchev–Trinajstić information content (AvgIpc) is 2.29. The number of carbonyl (C=O) groups is 1. The van der Waals surface area contributed by atoms with E-state index < -0.39 is 0 Å². The molecule has 0 aliphatic rings. The summed E-state index contributed by atoms with van der Waals surface area (Å²) < 4.78 is 0.848. The molecule has 1 aromatic carbocycles. The maximum absolute atomic E-state index is 11.4. The molecule has 1 amide bonds. The summed E-state index contributed by atoms with van der Waals surface area (Å²) in [6.45, 7) is 7.87. The molecule has 0 saturated heterocycles. The molecule has 1 N–H and O–H groups in total. The molecule has 0 radical (unpaired) electrons. The Morgan fingerprint density at radius 2 is 1.84 bits per heavy atom. The van der Waals surface area contributed by atoms with Crippen molar-refractivity contribution in [3.63, 3.8) is 0 Å². The summed E-state index contributed by atoms with van der Waals surface area (Å²) in [5, 5.41) is 2.87. The highest BCUT2D eigenvalue weighted by Crippen LogP contribution is 2.08. The lowest BCUT2D eigenvalue weighted by Crippen LogP contribution is -3.00. The Morgan fingerprint density at radius 3 is 2.37 bits per heavy atom. The first-order chi connectivity index (χ1) is 8.41. The van der Waals surface area contributed by atoms with Crippen LogP contribution >= 0.6 is 0 Å². The Labute approximate surface area is 133 Å². The molecule has 0 aliphatic carbocycles. The van der Waals surface area contributed by atoms with Crippen LogP contribution in [0.1, 0.15) is 12.5 Å². The first kappa shape index (κ1) is 18.1. The van der Waals surface area contributed by atoms with Crippen LogP contribution < -0.4 is 29.3 Å². The van der Waals surface area contributed by atoms with Crippen molar-refractivity contribution in [1.82, 2.24) is 5.32 Å². The van der Waals surface area contributed by atoms with Crippen molar-refractivity contribution in [3.8, 4) is 0 Å². The van der Waals surface area contributed by atoms with Gasteiger partial charge in [-0.15, -0.1) is 0 Å². The number of halogens is 1. The minimum Gasteiger partial charge on any atom is -1.00 e. The van der Waals surface area contributed by atoms with Crippen molar-refractivity contribution in [2.45, 2.75) is 13.5 Å². The molecule has 0 bridgehead atoms. The normalized spacial score (nSPS) is 10.5. The molecule has 0 saturated carbocycles. The van der Waals surface area contributed by atoms with E-state index in [0.29, 0.717) is 12.1 Å². The van der Waals surface area contributed by atoms with Gasteiger partial charge in [0.15, 0.2) is 0 Å². The van der Waals surface area contributed by atoms with E-state index in [4.69, 9.17) is 0 Å². The monoisotopic (exact) mass is 374 g/mol. The zero-order chi connectivity index (χ0) is 13.6. The number of hydrogen-bond donors (Lipinski definition) is 1. The minimum atomic E-state index is -0.0605. The molecule has 0 unspecified atom stereocenters. The molecule has 4 heteroatoms. The molecule has 19 heavy (non-hydrogen) atoms. The van der Waals surface area contributed by atoms with Gasteiger partial charge in [0, 0.05) is 11.1 Å². The Bertz CT molecular complexity index is 415. The van der Waals surface area contributed by atoms with Gasteiger partial charge < -0.3 is 33.8 Å². The first-order valence-electron chi connectivity index (χ1n) is 6.20. The van der Waals surface area contributed by atoms with Crippen molar-refractivity contribution < 1.29 is 33.3 Å². The zero-order valence-electron chi connectivity index (χ0n) is 11.9. The van der Waals surface area contributed by atoms with Crippen molar-refractivity contribution in [2.24, 2.45) is 0 Å². The van der Waals surface area contributed by atoms with E-state index in [-0.39, 0.29) is 29.9 Å². The standard InChI is InChI=1S/C15H22N2O.HI/c1-13(2)15(18)16-10-11-17(3,4)12-14-8-6-5-7-9-14;/h5-9H,1,10-12H2,2-4H3;1H. The minimum absolute atomic E-state index is 0. The van der Waals surface area contributed by atoms with Crippen LogP contribution in [-0.4, -0.2) is 37.6 Å². The molecule has 0 aliphatic heterocycles. The third kappa shape index (κ3) is 7.32. The molecule has 0 fully saturated rings. The van der Waals surface area contributed by atoms with Gasteiger partial charge in [0.05, 0.1) is 27.2 Å². The van der Waals surface area contributed by atoms with Gasteiger partial charge in [0.2, 0.25) is 5.91 Å². The maximum atomic E-state index is 11.4. The van der Waals surface area contributed by atoms with Gasteiger partial charge in [-0.25, -0.2) is 0 Å². The van der Waals surface area contributed by atoms with Gasteiger partial charge in [0.1, 0.15) is 6.54 Å². The molecule has 0 heterocycles. The van der Waals surface area contributed by atoms with Crippen molar-refractivity contribution in [3.05, 3.63) is 48.0 Å². The fourth-order valence-corrected chi connectivity index (χ4v) is 1.78. The van der Waals surface area contributed by atoms with Crippen molar-refractivity contribution in [1.29, 1.82) is 0 Å². The van der Waals surface area contributed by atoms with E-state index in [1.165, 1.54) is 5.56 Å². The number of nitrogens with zero attached hydrogens (tertiary/aromatic N) is 1. The lowest BCUT2D eigenvalue weighted by atomic mass is 10.2. The summed E-state index contributed by atoms with van der Waals surface area (Å²) in [6.07, 6.45) is 0. The third-order valence-corrected chi connectivity index (χ3v) is 2.84. The lowest BCUT2D eigenvalue weighted by molar-refractivity contribution is -0.902. The summed E-state index contributed by atoms with van der Waals surface area (Å²) in [5.74, 6) is -0.0605. The Balaban J connectivity index is 0.00000324. The molecule has 0 spiro atoms. The second-order valence-electron chi connectivity index (χ2n) is 5.34. The molecule has 106 valence electrons. The van der Waals surface area contributed by atoms with Crippen LogP contribution in [-0.2, 0) is 11.3 Å². The van der Waals surface area contributed by atoms with E-state index in [9.17, 15) is 4.79 Å². The number of likely N-dealkylation sites (N-methyl/N-ethyl adjacent to an activating group) is 1. The van der Waals surface area contributed by atoms with Crippen molar-refractivity contribution in [2.75, 3.05) is 27.2 Å². The number of benzene rings is 1. The summed E-state index contributed by atoms with van der Waals surface area (Å²) >= 11 is 0. The molecule has 3 nitrogen and oxygen atoms in total. The van der Waals surface area contributed by atoms with E-state index in [1.807, 2.05) is 6.07 Å². The van der Waals surface area contributed by atoms with Crippen molar-refractivity contribution >= 4 is 5.91 Å². The number of amides is 1. The van der Waals surface area contributed by atoms with Gasteiger partial charge in [-0.2, -0.15) is 0 Å². The summed E-state index contributed by atoms with van der Waals surface area (Å²) in [7, 11) is 4.33. The number of hydrogen-bond acceptors (Lipinski definition) is 1. The first-order valence-corrected chi connectivity index (χ1v) is 6.20. The van der Waals surface area contributed by atoms with E-state index in [1.54, 1.807) is 6.92 Å². The quantitative estimate of drug-likeness (QED) is 0.385. The van der Waals surface area contributed by atoms with Crippen LogP contribution in [0.25, 0.3) is 0 Å². The average molecular weight is 374 g/mol. The number of nitrogens with one attached hydrogen (secondary N) is 1. The Morgan fingerprint density at radius 1 is 1.26 bits per heavy atom. The summed E-state index contributed by atoms with van der Waals surface area (Å²) in [5.41, 5.74) is 1.87. The van der Waals surface area contributed by atoms with Crippen LogP contribution in [0.15, 0.2) is 42.5 Å². The largest absolute Gasteiger partial charge is 1.00 e. The van der Waals surface area contributed by atoms with Gasteiger partial charge >= 0.3 is 0 Å². The third-order valence-electron chi connectivity index (χ3n) is 2.84. The summed E-state index contributed by atoms with van der Waals surface area (Å²) in [4.78, 5) is 11.4. The van der Waals surface area contributed by atoms with E-state index in [0.717, 1.165) is 17.6 Å². The predicted molar refractivity (Wildman–Crippen MR) is 74.9 cm³/mol. The zero-order valence-corrected chi connectivity index (χ0v) is 14.1. The Kier molecular flexibility index (Phi) is 7.94. The summed E-state index contributed by atoms with van der Waals surface area (Å²) in [6, 6.07) is 10.4. The Hall–Kier alpha value is -0.880. The predicted octanol–water partition coefficient (Wildman–Crippen LogP) is -1.04. The maximum Gasteiger partial charge on any atom is 0.246 e. The molecule has 0 aromatic heterocycles. The molecular formula is C15H23IN2O.